The zero-order valence-electron chi connectivity index (χ0n) is 4.99. The second kappa shape index (κ2) is 1.77. The molecule has 0 aromatic carbocycles. The predicted octanol–water partition coefficient (Wildman–Crippen LogP) is 1.51. The van der Waals surface area contributed by atoms with Gasteiger partial charge in [-0.3, -0.25) is 4.68 Å². The van der Waals surface area contributed by atoms with Gasteiger partial charge in [-0.25, -0.2) is 0 Å². The summed E-state index contributed by atoms with van der Waals surface area (Å²) in [5.74, 6) is 0. The summed E-state index contributed by atoms with van der Waals surface area (Å²) in [6.07, 6.45) is 4.34. The van der Waals surface area contributed by atoms with Crippen molar-refractivity contribution in [1.29, 1.82) is 0 Å². The molecule has 0 N–H and O–H groups in total. The first-order valence-electron chi connectivity index (χ1n) is 3.10. The Kier molecular flexibility index (Phi) is 1.05. The highest BCUT2D eigenvalue weighted by atomic mass is 32.1. The van der Waals surface area contributed by atoms with Gasteiger partial charge in [0.15, 0.2) is 0 Å². The first-order chi connectivity index (χ1) is 4.38. The second-order valence-electron chi connectivity index (χ2n) is 2.37. The normalized spacial score (nSPS) is 18.3. The lowest BCUT2D eigenvalue weighted by molar-refractivity contribution is 0.590. The summed E-state index contributed by atoms with van der Waals surface area (Å²) in [5, 5.41) is 5.10. The standard InChI is InChI=1S/C6H8N2S/c9-6-3-4-7-8(6)5-1-2-5/h3-5,9H,1-2H2. The predicted molar refractivity (Wildman–Crippen MR) is 37.8 cm³/mol. The Labute approximate surface area is 59.3 Å². The zero-order chi connectivity index (χ0) is 6.27. The van der Waals surface area contributed by atoms with E-state index in [0.717, 1.165) is 5.03 Å². The molecule has 1 fully saturated rings. The Morgan fingerprint density at radius 1 is 1.67 bits per heavy atom. The van der Waals surface area contributed by atoms with Crippen LogP contribution in [-0.4, -0.2) is 9.78 Å². The van der Waals surface area contributed by atoms with Crippen molar-refractivity contribution in [2.45, 2.75) is 23.9 Å². The zero-order valence-corrected chi connectivity index (χ0v) is 5.88. The SMILES string of the molecule is Sc1ccnn1C1CC1. The van der Waals surface area contributed by atoms with Crippen molar-refractivity contribution in [2.24, 2.45) is 0 Å². The maximum absolute atomic E-state index is 4.23. The van der Waals surface area contributed by atoms with E-state index in [1.165, 1.54) is 12.8 Å². The van der Waals surface area contributed by atoms with Crippen LogP contribution >= 0.6 is 12.6 Å². The third-order valence-corrected chi connectivity index (χ3v) is 1.90. The molecule has 1 heterocycles. The minimum atomic E-state index is 0.660. The molecule has 1 aromatic rings. The van der Waals surface area contributed by atoms with Gasteiger partial charge in [-0.15, -0.1) is 12.6 Å². The number of aromatic nitrogens is 2. The lowest BCUT2D eigenvalue weighted by Gasteiger charge is -1.96. The molecule has 3 heteroatoms. The summed E-state index contributed by atoms with van der Waals surface area (Å²) in [6, 6.07) is 2.58. The molecule has 0 radical (unpaired) electrons. The molecule has 48 valence electrons. The van der Waals surface area contributed by atoms with Gasteiger partial charge >= 0.3 is 0 Å². The van der Waals surface area contributed by atoms with Crippen LogP contribution in [0.2, 0.25) is 0 Å². The van der Waals surface area contributed by atoms with Crippen LogP contribution in [0.5, 0.6) is 0 Å². The van der Waals surface area contributed by atoms with Crippen LogP contribution in [0.15, 0.2) is 17.3 Å². The fourth-order valence-corrected chi connectivity index (χ4v) is 1.19. The molecule has 0 amide bonds. The van der Waals surface area contributed by atoms with Crippen molar-refractivity contribution >= 4 is 12.6 Å². The molecule has 0 saturated heterocycles. The fourth-order valence-electron chi connectivity index (χ4n) is 0.908. The van der Waals surface area contributed by atoms with E-state index in [2.05, 4.69) is 17.7 Å². The molecule has 2 nitrogen and oxygen atoms in total. The van der Waals surface area contributed by atoms with Crippen LogP contribution in [0.25, 0.3) is 0 Å². The van der Waals surface area contributed by atoms with Crippen LogP contribution in [0.4, 0.5) is 0 Å². The first kappa shape index (κ1) is 5.35. The quantitative estimate of drug-likeness (QED) is 0.585. The van der Waals surface area contributed by atoms with Gasteiger partial charge in [-0.2, -0.15) is 5.10 Å². The van der Waals surface area contributed by atoms with Crippen LogP contribution in [-0.2, 0) is 0 Å². The van der Waals surface area contributed by atoms with Crippen molar-refractivity contribution in [3.63, 3.8) is 0 Å². The molecule has 0 aliphatic heterocycles. The molecule has 1 aliphatic carbocycles. The molecule has 9 heavy (non-hydrogen) atoms. The third kappa shape index (κ3) is 0.852. The summed E-state index contributed by atoms with van der Waals surface area (Å²) >= 11 is 4.23. The monoisotopic (exact) mass is 140 g/mol. The van der Waals surface area contributed by atoms with Crippen molar-refractivity contribution in [3.8, 4) is 0 Å². The second-order valence-corrected chi connectivity index (χ2v) is 2.82. The van der Waals surface area contributed by atoms with Crippen LogP contribution < -0.4 is 0 Å². The van der Waals surface area contributed by atoms with E-state index in [0.29, 0.717) is 6.04 Å². The van der Waals surface area contributed by atoms with Crippen molar-refractivity contribution in [3.05, 3.63) is 12.3 Å². The molecule has 0 atom stereocenters. The molecule has 0 bridgehead atoms. The van der Waals surface area contributed by atoms with E-state index in [1.807, 2.05) is 10.7 Å². The van der Waals surface area contributed by atoms with E-state index in [4.69, 9.17) is 0 Å². The lowest BCUT2D eigenvalue weighted by Crippen LogP contribution is -1.94. The highest BCUT2D eigenvalue weighted by Gasteiger charge is 2.24. The van der Waals surface area contributed by atoms with Gasteiger partial charge in [0.05, 0.1) is 17.3 Å². The van der Waals surface area contributed by atoms with Crippen LogP contribution in [0.1, 0.15) is 18.9 Å². The number of rotatable bonds is 1. The molecular formula is C6H8N2S. The Hall–Kier alpha value is -0.440. The largest absolute Gasteiger partial charge is 0.256 e. The van der Waals surface area contributed by atoms with Gasteiger partial charge < -0.3 is 0 Å². The van der Waals surface area contributed by atoms with Crippen molar-refractivity contribution in [2.75, 3.05) is 0 Å². The smallest absolute Gasteiger partial charge is 0.0912 e. The van der Waals surface area contributed by atoms with Gasteiger partial charge in [0.1, 0.15) is 0 Å². The summed E-state index contributed by atoms with van der Waals surface area (Å²) in [4.78, 5) is 0. The van der Waals surface area contributed by atoms with Gasteiger partial charge in [0, 0.05) is 0 Å². The average molecular weight is 140 g/mol. The number of nitrogens with zero attached hydrogens (tertiary/aromatic N) is 2. The molecule has 1 aromatic heterocycles. The molecule has 0 spiro atoms. The molecule has 1 aliphatic rings. The van der Waals surface area contributed by atoms with Crippen molar-refractivity contribution in [1.82, 2.24) is 9.78 Å². The maximum Gasteiger partial charge on any atom is 0.0912 e. The molecular weight excluding hydrogens is 132 g/mol. The third-order valence-electron chi connectivity index (χ3n) is 1.54. The topological polar surface area (TPSA) is 17.8 Å². The van der Waals surface area contributed by atoms with Crippen LogP contribution in [0, 0.1) is 0 Å². The van der Waals surface area contributed by atoms with E-state index in [-0.39, 0.29) is 0 Å². The maximum atomic E-state index is 4.23. The Bertz CT molecular complexity index is 215. The summed E-state index contributed by atoms with van der Waals surface area (Å²) in [5.41, 5.74) is 0. The first-order valence-corrected chi connectivity index (χ1v) is 3.55. The minimum absolute atomic E-state index is 0.660. The molecule has 2 rings (SSSR count). The van der Waals surface area contributed by atoms with E-state index < -0.39 is 0 Å². The van der Waals surface area contributed by atoms with Gasteiger partial charge in [-0.05, 0) is 18.9 Å². The fraction of sp³-hybridized carbons (Fsp3) is 0.500. The summed E-state index contributed by atoms with van der Waals surface area (Å²) in [6.45, 7) is 0. The van der Waals surface area contributed by atoms with Gasteiger partial charge in [0.2, 0.25) is 0 Å². The van der Waals surface area contributed by atoms with Gasteiger partial charge in [0.25, 0.3) is 0 Å². The number of thiol groups is 1. The minimum Gasteiger partial charge on any atom is -0.256 e. The highest BCUT2D eigenvalue weighted by Crippen LogP contribution is 2.35. The summed E-state index contributed by atoms with van der Waals surface area (Å²) < 4.78 is 1.98. The molecule has 0 unspecified atom stereocenters. The molecule has 1 saturated carbocycles. The van der Waals surface area contributed by atoms with E-state index >= 15 is 0 Å². The lowest BCUT2D eigenvalue weighted by atomic mass is 10.7. The van der Waals surface area contributed by atoms with E-state index in [9.17, 15) is 0 Å². The summed E-state index contributed by atoms with van der Waals surface area (Å²) in [7, 11) is 0. The Morgan fingerprint density at radius 2 is 2.44 bits per heavy atom. The number of hydrogen-bond donors (Lipinski definition) is 1. The van der Waals surface area contributed by atoms with E-state index in [1.54, 1.807) is 6.20 Å². The number of hydrogen-bond acceptors (Lipinski definition) is 2. The van der Waals surface area contributed by atoms with Gasteiger partial charge in [-0.1, -0.05) is 0 Å². The average Bonchev–Trinajstić information content (AvgIpc) is 2.58. The van der Waals surface area contributed by atoms with Crippen molar-refractivity contribution < 1.29 is 0 Å². The highest BCUT2D eigenvalue weighted by molar-refractivity contribution is 7.80. The Morgan fingerprint density at radius 3 is 2.89 bits per heavy atom. The van der Waals surface area contributed by atoms with Crippen LogP contribution in [0.3, 0.4) is 0 Å². The Balaban J connectivity index is 2.35.